The summed E-state index contributed by atoms with van der Waals surface area (Å²) in [7, 11) is 0. The number of nitrogens with zero attached hydrogens (tertiary/aromatic N) is 3. The fraction of sp³-hybridized carbons (Fsp3) is 0.440. The second-order valence-corrected chi connectivity index (χ2v) is 8.95. The molecule has 3 amide bonds. The van der Waals surface area contributed by atoms with Gasteiger partial charge in [-0.25, -0.2) is 4.79 Å². The minimum absolute atomic E-state index is 0.0856. The van der Waals surface area contributed by atoms with Crippen LogP contribution in [0.2, 0.25) is 5.02 Å². The molecule has 2 aromatic rings. The SMILES string of the molecule is C[C@H](c1ccc(Cl)cc1)N(C(=O)C1CCN(C(=O)N2CCCC2)CC1)c1ccccc1. The maximum Gasteiger partial charge on any atom is 0.319 e. The molecule has 31 heavy (non-hydrogen) atoms. The third-order valence-corrected chi connectivity index (χ3v) is 6.75. The van der Waals surface area contributed by atoms with Gasteiger partial charge in [0.2, 0.25) is 5.91 Å². The van der Waals surface area contributed by atoms with Gasteiger partial charge in [0.1, 0.15) is 0 Å². The molecule has 0 spiro atoms. The molecule has 2 aromatic carbocycles. The predicted octanol–water partition coefficient (Wildman–Crippen LogP) is 5.36. The summed E-state index contributed by atoms with van der Waals surface area (Å²) in [6, 6.07) is 17.6. The number of carbonyl (C=O) groups excluding carboxylic acids is 2. The average molecular weight is 440 g/mol. The van der Waals surface area contributed by atoms with Crippen LogP contribution in [0.5, 0.6) is 0 Å². The number of piperidine rings is 1. The van der Waals surface area contributed by atoms with Gasteiger partial charge in [-0.05, 0) is 62.4 Å². The molecule has 1 atom stereocenters. The molecule has 0 N–H and O–H groups in total. The molecule has 5 nitrogen and oxygen atoms in total. The monoisotopic (exact) mass is 439 g/mol. The van der Waals surface area contributed by atoms with Crippen molar-refractivity contribution >= 4 is 29.2 Å². The number of urea groups is 1. The zero-order chi connectivity index (χ0) is 21.8. The smallest absolute Gasteiger partial charge is 0.319 e. The third kappa shape index (κ3) is 4.87. The van der Waals surface area contributed by atoms with Crippen LogP contribution in [-0.4, -0.2) is 47.9 Å². The van der Waals surface area contributed by atoms with E-state index in [4.69, 9.17) is 11.6 Å². The van der Waals surface area contributed by atoms with Gasteiger partial charge in [-0.1, -0.05) is 41.9 Å². The Morgan fingerprint density at radius 3 is 2.10 bits per heavy atom. The molecule has 6 heteroatoms. The number of amides is 3. The fourth-order valence-electron chi connectivity index (χ4n) is 4.64. The Kier molecular flexibility index (Phi) is 6.81. The van der Waals surface area contributed by atoms with Gasteiger partial charge in [0.15, 0.2) is 0 Å². The van der Waals surface area contributed by atoms with Crippen molar-refractivity contribution in [1.29, 1.82) is 0 Å². The summed E-state index contributed by atoms with van der Waals surface area (Å²) in [6.07, 6.45) is 3.59. The van der Waals surface area contributed by atoms with Gasteiger partial charge in [0.05, 0.1) is 6.04 Å². The van der Waals surface area contributed by atoms with Gasteiger partial charge in [0, 0.05) is 42.8 Å². The molecule has 0 bridgehead atoms. The van der Waals surface area contributed by atoms with E-state index in [9.17, 15) is 9.59 Å². The summed E-state index contributed by atoms with van der Waals surface area (Å²) in [5.41, 5.74) is 1.94. The van der Waals surface area contributed by atoms with Crippen molar-refractivity contribution < 1.29 is 9.59 Å². The zero-order valence-electron chi connectivity index (χ0n) is 18.0. The number of anilines is 1. The highest BCUT2D eigenvalue weighted by Gasteiger charge is 2.34. The molecule has 0 aromatic heterocycles. The highest BCUT2D eigenvalue weighted by atomic mass is 35.5. The Morgan fingerprint density at radius 1 is 0.903 bits per heavy atom. The van der Waals surface area contributed by atoms with Gasteiger partial charge in [-0.3, -0.25) is 4.79 Å². The number of likely N-dealkylation sites (tertiary alicyclic amines) is 2. The lowest BCUT2D eigenvalue weighted by Crippen LogP contribution is -2.48. The summed E-state index contributed by atoms with van der Waals surface area (Å²) in [5, 5.41) is 0.684. The Bertz CT molecular complexity index is 889. The van der Waals surface area contributed by atoms with E-state index in [0.717, 1.165) is 37.2 Å². The second kappa shape index (κ2) is 9.73. The first-order valence-corrected chi connectivity index (χ1v) is 11.6. The summed E-state index contributed by atoms with van der Waals surface area (Å²) in [6.45, 7) is 5.06. The molecule has 2 aliphatic heterocycles. The summed E-state index contributed by atoms with van der Waals surface area (Å²) >= 11 is 6.07. The molecule has 4 rings (SSSR count). The molecular formula is C25H30ClN3O2. The van der Waals surface area contributed by atoms with Gasteiger partial charge in [-0.2, -0.15) is 0 Å². The number of carbonyl (C=O) groups is 2. The molecule has 0 radical (unpaired) electrons. The minimum Gasteiger partial charge on any atom is -0.325 e. The van der Waals surface area contributed by atoms with Crippen molar-refractivity contribution in [2.45, 2.75) is 38.6 Å². The molecule has 2 saturated heterocycles. The lowest BCUT2D eigenvalue weighted by molar-refractivity contribution is -0.124. The summed E-state index contributed by atoms with van der Waals surface area (Å²) in [5.74, 6) is 0.0412. The average Bonchev–Trinajstić information content (AvgIpc) is 3.35. The molecule has 0 unspecified atom stereocenters. The van der Waals surface area contributed by atoms with E-state index in [0.29, 0.717) is 31.0 Å². The van der Waals surface area contributed by atoms with Crippen LogP contribution in [-0.2, 0) is 4.79 Å². The van der Waals surface area contributed by atoms with Gasteiger partial charge in [0.25, 0.3) is 0 Å². The fourth-order valence-corrected chi connectivity index (χ4v) is 4.77. The second-order valence-electron chi connectivity index (χ2n) is 8.51. The van der Waals surface area contributed by atoms with Crippen molar-refractivity contribution in [1.82, 2.24) is 9.80 Å². The van der Waals surface area contributed by atoms with Gasteiger partial charge >= 0.3 is 6.03 Å². The van der Waals surface area contributed by atoms with Crippen molar-refractivity contribution in [3.05, 3.63) is 65.2 Å². The molecule has 164 valence electrons. The van der Waals surface area contributed by atoms with Gasteiger partial charge < -0.3 is 14.7 Å². The molecule has 2 aliphatic rings. The Morgan fingerprint density at radius 2 is 1.48 bits per heavy atom. The van der Waals surface area contributed by atoms with Crippen LogP contribution in [0.4, 0.5) is 10.5 Å². The first kappa shape index (κ1) is 21.7. The highest BCUT2D eigenvalue weighted by Crippen LogP contribution is 2.32. The van der Waals surface area contributed by atoms with Crippen molar-refractivity contribution in [2.75, 3.05) is 31.1 Å². The number of halogens is 1. The molecule has 0 aliphatic carbocycles. The van der Waals surface area contributed by atoms with Crippen molar-refractivity contribution in [2.24, 2.45) is 5.92 Å². The van der Waals surface area contributed by atoms with Crippen molar-refractivity contribution in [3.63, 3.8) is 0 Å². The lowest BCUT2D eigenvalue weighted by atomic mass is 9.93. The largest absolute Gasteiger partial charge is 0.325 e. The number of hydrogen-bond acceptors (Lipinski definition) is 2. The van der Waals surface area contributed by atoms with Crippen LogP contribution >= 0.6 is 11.6 Å². The molecule has 2 fully saturated rings. The van der Waals surface area contributed by atoms with Crippen molar-refractivity contribution in [3.8, 4) is 0 Å². The van der Waals surface area contributed by atoms with E-state index in [2.05, 4.69) is 6.92 Å². The molecule has 2 heterocycles. The van der Waals surface area contributed by atoms with E-state index in [-0.39, 0.29) is 23.9 Å². The van der Waals surface area contributed by atoms with Crippen LogP contribution in [0.3, 0.4) is 0 Å². The lowest BCUT2D eigenvalue weighted by Gasteiger charge is -2.38. The normalized spacial score (nSPS) is 18.1. The Labute approximate surface area is 189 Å². The Balaban J connectivity index is 1.49. The quantitative estimate of drug-likeness (QED) is 0.643. The first-order chi connectivity index (χ1) is 15.0. The molecule has 0 saturated carbocycles. The van der Waals surface area contributed by atoms with E-state index in [1.54, 1.807) is 0 Å². The van der Waals surface area contributed by atoms with Crippen LogP contribution in [0, 0.1) is 5.92 Å². The van der Waals surface area contributed by atoms with Crippen LogP contribution in [0.15, 0.2) is 54.6 Å². The minimum atomic E-state index is -0.114. The van der Waals surface area contributed by atoms with Gasteiger partial charge in [-0.15, -0.1) is 0 Å². The highest BCUT2D eigenvalue weighted by molar-refractivity contribution is 6.30. The molecular weight excluding hydrogens is 410 g/mol. The van der Waals surface area contributed by atoms with Crippen LogP contribution < -0.4 is 4.90 Å². The number of benzene rings is 2. The number of hydrogen-bond donors (Lipinski definition) is 0. The number of rotatable bonds is 4. The third-order valence-electron chi connectivity index (χ3n) is 6.50. The van der Waals surface area contributed by atoms with E-state index in [1.807, 2.05) is 69.3 Å². The van der Waals surface area contributed by atoms with E-state index >= 15 is 0 Å². The van der Waals surface area contributed by atoms with E-state index < -0.39 is 0 Å². The summed E-state index contributed by atoms with van der Waals surface area (Å²) in [4.78, 5) is 32.2. The predicted molar refractivity (Wildman–Crippen MR) is 124 cm³/mol. The standard InChI is InChI=1S/C25H30ClN3O2/c1-19(20-9-11-22(26)12-10-20)29(23-7-3-2-4-8-23)24(30)21-13-17-28(18-14-21)25(31)27-15-5-6-16-27/h2-4,7-12,19,21H,5-6,13-18H2,1H3/t19-/m1/s1. The first-order valence-electron chi connectivity index (χ1n) is 11.2. The Hall–Kier alpha value is -2.53. The maximum atomic E-state index is 13.7. The van der Waals surface area contributed by atoms with E-state index in [1.165, 1.54) is 0 Å². The maximum absolute atomic E-state index is 13.7. The topological polar surface area (TPSA) is 43.9 Å². The number of para-hydroxylation sites is 1. The van der Waals surface area contributed by atoms with Crippen LogP contribution in [0.1, 0.15) is 44.2 Å². The summed E-state index contributed by atoms with van der Waals surface area (Å²) < 4.78 is 0. The zero-order valence-corrected chi connectivity index (χ0v) is 18.8. The van der Waals surface area contributed by atoms with Crippen LogP contribution in [0.25, 0.3) is 0 Å².